The van der Waals surface area contributed by atoms with Gasteiger partial charge in [-0.1, -0.05) is 18.2 Å². The maximum absolute atomic E-state index is 13.9. The van der Waals surface area contributed by atoms with Gasteiger partial charge in [-0.3, -0.25) is 9.99 Å². The minimum absolute atomic E-state index is 0.0574. The van der Waals surface area contributed by atoms with E-state index in [1.165, 1.54) is 17.0 Å². The highest BCUT2D eigenvalue weighted by atomic mass is 19.1. The first-order chi connectivity index (χ1) is 14.0. The van der Waals surface area contributed by atoms with E-state index in [9.17, 15) is 19.7 Å². The second-order valence-electron chi connectivity index (χ2n) is 6.54. The molecule has 1 aliphatic heterocycles. The third-order valence-electron chi connectivity index (χ3n) is 4.75. The van der Waals surface area contributed by atoms with Crippen LogP contribution in [0.1, 0.15) is 11.8 Å². The zero-order valence-corrected chi connectivity index (χ0v) is 15.1. The number of aliphatic hydroxyl groups excluding tert-OH is 3. The molecule has 0 amide bonds. The number of hydrogen-bond acceptors (Lipinski definition) is 10. The standard InChI is InChI=1S/C17H20FN7O4/c18-9-4-2-1-3-8(9)5-20-14-11-15(23-17(22-14)24-19)25(7-21-11)16-13(28)12(27)10(6-26)29-16/h1-4,7,10,12-13,16,26-28H,5-6,19H2,(H2,20,22,23,24)/t10-,12+,13+,16-/m1/s1. The summed E-state index contributed by atoms with van der Waals surface area (Å²) in [4.78, 5) is 12.7. The summed E-state index contributed by atoms with van der Waals surface area (Å²) in [5.74, 6) is 5.44. The van der Waals surface area contributed by atoms with Crippen LogP contribution in [0.3, 0.4) is 0 Å². The van der Waals surface area contributed by atoms with Crippen molar-refractivity contribution >= 4 is 22.9 Å². The summed E-state index contributed by atoms with van der Waals surface area (Å²) >= 11 is 0. The summed E-state index contributed by atoms with van der Waals surface area (Å²) in [5, 5.41) is 32.6. The van der Waals surface area contributed by atoms with E-state index in [1.54, 1.807) is 18.2 Å². The number of benzene rings is 1. The van der Waals surface area contributed by atoms with E-state index in [4.69, 9.17) is 10.6 Å². The smallest absolute Gasteiger partial charge is 0.241 e. The first-order valence-corrected chi connectivity index (χ1v) is 8.84. The number of anilines is 2. The van der Waals surface area contributed by atoms with Gasteiger partial charge in [-0.15, -0.1) is 0 Å². The van der Waals surface area contributed by atoms with Gasteiger partial charge < -0.3 is 25.4 Å². The Kier molecular flexibility index (Phi) is 5.25. The lowest BCUT2D eigenvalue weighted by molar-refractivity contribution is -0.0511. The van der Waals surface area contributed by atoms with Gasteiger partial charge in [-0.2, -0.15) is 9.97 Å². The normalized spacial score (nSPS) is 24.2. The average Bonchev–Trinajstić information content (AvgIpc) is 3.28. The van der Waals surface area contributed by atoms with Gasteiger partial charge >= 0.3 is 0 Å². The molecule has 0 unspecified atom stereocenters. The van der Waals surface area contributed by atoms with Crippen LogP contribution in [-0.2, 0) is 11.3 Å². The molecule has 7 N–H and O–H groups in total. The molecule has 0 saturated carbocycles. The Morgan fingerprint density at radius 2 is 2.00 bits per heavy atom. The van der Waals surface area contributed by atoms with Crippen molar-refractivity contribution in [2.45, 2.75) is 31.1 Å². The van der Waals surface area contributed by atoms with Crippen molar-refractivity contribution in [2.24, 2.45) is 5.84 Å². The van der Waals surface area contributed by atoms with E-state index < -0.39 is 31.1 Å². The summed E-state index contributed by atoms with van der Waals surface area (Å²) in [5.41, 5.74) is 3.38. The molecule has 1 saturated heterocycles. The van der Waals surface area contributed by atoms with Crippen LogP contribution in [-0.4, -0.2) is 59.8 Å². The van der Waals surface area contributed by atoms with Crippen molar-refractivity contribution in [3.63, 3.8) is 0 Å². The third kappa shape index (κ3) is 3.47. The van der Waals surface area contributed by atoms with Gasteiger partial charge in [0.2, 0.25) is 5.95 Å². The lowest BCUT2D eigenvalue weighted by Gasteiger charge is -2.17. The zero-order chi connectivity index (χ0) is 20.5. The highest BCUT2D eigenvalue weighted by molar-refractivity contribution is 5.84. The molecule has 0 spiro atoms. The lowest BCUT2D eigenvalue weighted by atomic mass is 10.1. The molecule has 3 heterocycles. The number of hydrogen-bond donors (Lipinski definition) is 6. The van der Waals surface area contributed by atoms with E-state index in [0.717, 1.165) is 0 Å². The zero-order valence-electron chi connectivity index (χ0n) is 15.1. The molecule has 1 aromatic carbocycles. The van der Waals surface area contributed by atoms with E-state index in [1.807, 2.05) is 0 Å². The van der Waals surface area contributed by atoms with E-state index >= 15 is 0 Å². The molecule has 0 aliphatic carbocycles. The molecular weight excluding hydrogens is 385 g/mol. The number of hydrazine groups is 1. The highest BCUT2D eigenvalue weighted by Gasteiger charge is 2.44. The molecule has 0 bridgehead atoms. The van der Waals surface area contributed by atoms with Crippen molar-refractivity contribution < 1.29 is 24.4 Å². The van der Waals surface area contributed by atoms with Gasteiger partial charge in [0.15, 0.2) is 23.2 Å². The Bertz CT molecular complexity index is 1020. The van der Waals surface area contributed by atoms with Gasteiger partial charge in [-0.25, -0.2) is 15.2 Å². The number of nitrogen functional groups attached to an aromatic ring is 1. The van der Waals surface area contributed by atoms with Crippen LogP contribution in [0, 0.1) is 5.82 Å². The van der Waals surface area contributed by atoms with Crippen LogP contribution < -0.4 is 16.6 Å². The molecule has 3 aromatic rings. The Morgan fingerprint density at radius 3 is 2.69 bits per heavy atom. The van der Waals surface area contributed by atoms with Crippen LogP contribution in [0.5, 0.6) is 0 Å². The van der Waals surface area contributed by atoms with Gasteiger partial charge in [0.25, 0.3) is 0 Å². The first-order valence-electron chi connectivity index (χ1n) is 8.84. The van der Waals surface area contributed by atoms with Crippen molar-refractivity contribution in [1.82, 2.24) is 19.5 Å². The molecule has 1 aliphatic rings. The molecule has 154 valence electrons. The minimum Gasteiger partial charge on any atom is -0.394 e. The summed E-state index contributed by atoms with van der Waals surface area (Å²) in [7, 11) is 0. The molecule has 0 radical (unpaired) electrons. The fourth-order valence-corrected chi connectivity index (χ4v) is 3.22. The fraction of sp³-hybridized carbons (Fsp3) is 0.353. The first kappa shape index (κ1) is 19.4. The van der Waals surface area contributed by atoms with Crippen LogP contribution in [0.2, 0.25) is 0 Å². The van der Waals surface area contributed by atoms with Crippen molar-refractivity contribution in [3.05, 3.63) is 42.0 Å². The molecule has 12 heteroatoms. The fourth-order valence-electron chi connectivity index (χ4n) is 3.22. The average molecular weight is 405 g/mol. The number of ether oxygens (including phenoxy) is 1. The molecule has 11 nitrogen and oxygen atoms in total. The van der Waals surface area contributed by atoms with Gasteiger partial charge in [0.05, 0.1) is 12.9 Å². The number of aromatic nitrogens is 4. The lowest BCUT2D eigenvalue weighted by Crippen LogP contribution is -2.33. The van der Waals surface area contributed by atoms with Crippen LogP contribution in [0.4, 0.5) is 16.2 Å². The predicted octanol–water partition coefficient (Wildman–Crippen LogP) is -0.525. The Hall–Kier alpha value is -2.90. The van der Waals surface area contributed by atoms with Gasteiger partial charge in [0, 0.05) is 12.1 Å². The maximum Gasteiger partial charge on any atom is 0.241 e. The number of nitrogens with one attached hydrogen (secondary N) is 2. The predicted molar refractivity (Wildman–Crippen MR) is 99.9 cm³/mol. The maximum atomic E-state index is 13.9. The van der Waals surface area contributed by atoms with Gasteiger partial charge in [0.1, 0.15) is 24.1 Å². The number of aliphatic hydroxyl groups is 3. The number of halogens is 1. The molecule has 1 fully saturated rings. The number of fused-ring (bicyclic) bond motifs is 1. The summed E-state index contributed by atoms with van der Waals surface area (Å²) in [6, 6.07) is 6.32. The minimum atomic E-state index is -1.30. The Morgan fingerprint density at radius 1 is 1.21 bits per heavy atom. The van der Waals surface area contributed by atoms with Crippen molar-refractivity contribution in [2.75, 3.05) is 17.3 Å². The molecule has 29 heavy (non-hydrogen) atoms. The molecule has 4 rings (SSSR count). The molecule has 2 aromatic heterocycles. The topological polar surface area (TPSA) is 164 Å². The second kappa shape index (κ2) is 7.85. The summed E-state index contributed by atoms with van der Waals surface area (Å²) < 4.78 is 20.8. The van der Waals surface area contributed by atoms with Crippen LogP contribution in [0.25, 0.3) is 11.2 Å². The summed E-state index contributed by atoms with van der Waals surface area (Å²) in [6.07, 6.45) is -3.17. The van der Waals surface area contributed by atoms with Crippen LogP contribution >= 0.6 is 0 Å². The van der Waals surface area contributed by atoms with E-state index in [-0.39, 0.29) is 29.8 Å². The van der Waals surface area contributed by atoms with E-state index in [0.29, 0.717) is 11.1 Å². The van der Waals surface area contributed by atoms with Crippen molar-refractivity contribution in [1.29, 1.82) is 0 Å². The molecule has 4 atom stereocenters. The highest BCUT2D eigenvalue weighted by Crippen LogP contribution is 2.32. The Balaban J connectivity index is 1.69. The number of nitrogens with zero attached hydrogens (tertiary/aromatic N) is 4. The molecular formula is C17H20FN7O4. The Labute approximate surface area is 164 Å². The second-order valence-corrected chi connectivity index (χ2v) is 6.54. The van der Waals surface area contributed by atoms with Crippen LogP contribution in [0.15, 0.2) is 30.6 Å². The van der Waals surface area contributed by atoms with Gasteiger partial charge in [-0.05, 0) is 6.07 Å². The number of imidazole rings is 1. The number of nitrogens with two attached hydrogens (primary N) is 1. The largest absolute Gasteiger partial charge is 0.394 e. The monoisotopic (exact) mass is 405 g/mol. The quantitative estimate of drug-likeness (QED) is 0.232. The summed E-state index contributed by atoms with van der Waals surface area (Å²) in [6.45, 7) is -0.315. The SMILES string of the molecule is NNc1nc(NCc2ccccc2F)c2ncn([C@@H]3O[C@H](CO)[C@H](O)[C@@H]3O)c2n1. The van der Waals surface area contributed by atoms with Crippen molar-refractivity contribution in [3.8, 4) is 0 Å². The third-order valence-corrected chi connectivity index (χ3v) is 4.75. The number of rotatable bonds is 6. The van der Waals surface area contributed by atoms with E-state index in [2.05, 4.69) is 25.7 Å².